The van der Waals surface area contributed by atoms with Gasteiger partial charge in [-0.05, 0) is 40.5 Å². The van der Waals surface area contributed by atoms with Crippen LogP contribution in [0.3, 0.4) is 0 Å². The fourth-order valence-electron chi connectivity index (χ4n) is 3.44. The van der Waals surface area contributed by atoms with Crippen LogP contribution in [0, 0.1) is 0 Å². The van der Waals surface area contributed by atoms with Gasteiger partial charge in [0.15, 0.2) is 0 Å². The van der Waals surface area contributed by atoms with Gasteiger partial charge in [-0.1, -0.05) is 84.9 Å². The predicted octanol–water partition coefficient (Wildman–Crippen LogP) is 6.72. The Morgan fingerprint density at radius 2 is 0.846 bits per heavy atom. The Bertz CT molecular complexity index is 1110. The van der Waals surface area contributed by atoms with E-state index in [2.05, 4.69) is 91.0 Å². The highest BCUT2D eigenvalue weighted by atomic mass is 14.7. The molecule has 0 fully saturated rings. The van der Waals surface area contributed by atoms with Crippen molar-refractivity contribution in [2.45, 2.75) is 0 Å². The van der Waals surface area contributed by atoms with Crippen LogP contribution in [0.25, 0.3) is 44.1 Å². The summed E-state index contributed by atoms with van der Waals surface area (Å²) < 4.78 is 0. The second-order valence-corrected chi connectivity index (χ2v) is 6.54. The maximum absolute atomic E-state index is 4.95. The second-order valence-electron chi connectivity index (χ2n) is 6.54. The topological polar surface area (TPSA) is 12.9 Å². The van der Waals surface area contributed by atoms with Crippen molar-refractivity contribution in [3.63, 3.8) is 0 Å². The maximum atomic E-state index is 4.95. The minimum absolute atomic E-state index is 1.03. The molecule has 1 nitrogen and oxygen atoms in total. The average molecular weight is 331 g/mol. The Morgan fingerprint density at radius 3 is 1.31 bits per heavy atom. The molecule has 1 heterocycles. The molecule has 0 aliphatic carbocycles. The summed E-state index contributed by atoms with van der Waals surface area (Å²) >= 11 is 0. The van der Waals surface area contributed by atoms with Gasteiger partial charge in [-0.25, -0.2) is 4.98 Å². The van der Waals surface area contributed by atoms with Crippen molar-refractivity contribution in [3.05, 3.63) is 103 Å². The highest BCUT2D eigenvalue weighted by Crippen LogP contribution is 2.28. The van der Waals surface area contributed by atoms with E-state index in [4.69, 9.17) is 4.98 Å². The molecule has 0 spiro atoms. The van der Waals surface area contributed by atoms with Gasteiger partial charge in [0, 0.05) is 10.8 Å². The normalized spacial score (nSPS) is 11.1. The zero-order chi connectivity index (χ0) is 17.3. The lowest BCUT2D eigenvalue weighted by Crippen LogP contribution is -1.86. The van der Waals surface area contributed by atoms with Gasteiger partial charge in [-0.15, -0.1) is 0 Å². The molecule has 26 heavy (non-hydrogen) atoms. The largest absolute Gasteiger partial charge is 0.248 e. The third kappa shape index (κ3) is 2.64. The number of hydrogen-bond donors (Lipinski definition) is 0. The number of pyridine rings is 1. The van der Waals surface area contributed by atoms with Gasteiger partial charge in [0.25, 0.3) is 0 Å². The van der Waals surface area contributed by atoms with Gasteiger partial charge in [0.2, 0.25) is 0 Å². The van der Waals surface area contributed by atoms with Gasteiger partial charge < -0.3 is 0 Å². The van der Waals surface area contributed by atoms with Gasteiger partial charge >= 0.3 is 0 Å². The summed E-state index contributed by atoms with van der Waals surface area (Å²) in [5, 5.41) is 2.34. The van der Waals surface area contributed by atoms with Gasteiger partial charge in [0.1, 0.15) is 0 Å². The van der Waals surface area contributed by atoms with Crippen LogP contribution in [0.1, 0.15) is 0 Å². The average Bonchev–Trinajstić information content (AvgIpc) is 2.73. The first kappa shape index (κ1) is 14.9. The number of aromatic nitrogens is 1. The van der Waals surface area contributed by atoms with Crippen LogP contribution >= 0.6 is 0 Å². The summed E-state index contributed by atoms with van der Waals surface area (Å²) in [5.74, 6) is 0. The molecule has 0 saturated carbocycles. The molecule has 1 heteroatoms. The van der Waals surface area contributed by atoms with Crippen molar-refractivity contribution in [1.82, 2.24) is 4.98 Å². The van der Waals surface area contributed by atoms with Crippen LogP contribution in [0.5, 0.6) is 0 Å². The molecule has 122 valence electrons. The molecule has 0 bridgehead atoms. The maximum Gasteiger partial charge on any atom is 0.0715 e. The van der Waals surface area contributed by atoms with E-state index in [1.54, 1.807) is 0 Å². The van der Waals surface area contributed by atoms with Crippen LogP contribution in [-0.4, -0.2) is 4.98 Å². The molecule has 0 saturated heterocycles. The van der Waals surface area contributed by atoms with E-state index in [9.17, 15) is 0 Å². The minimum atomic E-state index is 1.03. The van der Waals surface area contributed by atoms with E-state index < -0.39 is 0 Å². The number of rotatable bonds is 2. The number of hydrogen-bond acceptors (Lipinski definition) is 1. The fraction of sp³-hybridized carbons (Fsp3) is 0. The quantitative estimate of drug-likeness (QED) is 0.327. The fourth-order valence-corrected chi connectivity index (χ4v) is 3.44. The van der Waals surface area contributed by atoms with E-state index in [0.29, 0.717) is 0 Å². The molecule has 0 radical (unpaired) electrons. The highest BCUT2D eigenvalue weighted by Gasteiger charge is 2.05. The first-order valence-corrected chi connectivity index (χ1v) is 8.82. The summed E-state index contributed by atoms with van der Waals surface area (Å²) in [6.07, 6.45) is 0. The van der Waals surface area contributed by atoms with E-state index in [1.807, 2.05) is 12.1 Å². The molecule has 0 aliphatic rings. The Kier molecular flexibility index (Phi) is 3.50. The van der Waals surface area contributed by atoms with Crippen molar-refractivity contribution in [2.75, 3.05) is 0 Å². The molecule has 1 aromatic heterocycles. The van der Waals surface area contributed by atoms with Crippen molar-refractivity contribution in [2.24, 2.45) is 0 Å². The molecule has 5 rings (SSSR count). The number of fused-ring (bicyclic) bond motifs is 2. The minimum Gasteiger partial charge on any atom is -0.248 e. The van der Waals surface area contributed by atoms with Gasteiger partial charge in [-0.2, -0.15) is 0 Å². The molecule has 5 aromatic rings. The third-order valence-electron chi connectivity index (χ3n) is 4.83. The van der Waals surface area contributed by atoms with Crippen molar-refractivity contribution in [1.29, 1.82) is 0 Å². The summed E-state index contributed by atoms with van der Waals surface area (Å²) in [6, 6.07) is 36.1. The van der Waals surface area contributed by atoms with Crippen LogP contribution in [0.4, 0.5) is 0 Å². The molecular weight excluding hydrogens is 314 g/mol. The van der Waals surface area contributed by atoms with E-state index in [-0.39, 0.29) is 0 Å². The monoisotopic (exact) mass is 331 g/mol. The zero-order valence-electron chi connectivity index (χ0n) is 14.3. The SMILES string of the molecule is c1ccc(-c2ccc3cc4ccc(-c5ccccc5)cc4nc3c2)cc1. The summed E-state index contributed by atoms with van der Waals surface area (Å²) in [4.78, 5) is 4.95. The number of nitrogens with zero attached hydrogens (tertiary/aromatic N) is 1. The molecule has 4 aromatic carbocycles. The predicted molar refractivity (Wildman–Crippen MR) is 110 cm³/mol. The van der Waals surface area contributed by atoms with Gasteiger partial charge in [0.05, 0.1) is 11.0 Å². The summed E-state index contributed by atoms with van der Waals surface area (Å²) in [6.45, 7) is 0. The third-order valence-corrected chi connectivity index (χ3v) is 4.83. The van der Waals surface area contributed by atoms with E-state index in [0.717, 1.165) is 11.0 Å². The molecular formula is C25H17N. The lowest BCUT2D eigenvalue weighted by Gasteiger charge is -2.07. The van der Waals surface area contributed by atoms with Crippen molar-refractivity contribution < 1.29 is 0 Å². The highest BCUT2D eigenvalue weighted by molar-refractivity contribution is 5.96. The Labute approximate surface area is 152 Å². The summed E-state index contributed by atoms with van der Waals surface area (Å²) in [7, 11) is 0. The van der Waals surface area contributed by atoms with Gasteiger partial charge in [-0.3, -0.25) is 0 Å². The van der Waals surface area contributed by atoms with E-state index >= 15 is 0 Å². The molecule has 0 N–H and O–H groups in total. The summed E-state index contributed by atoms with van der Waals surface area (Å²) in [5.41, 5.74) is 6.89. The molecule has 0 aliphatic heterocycles. The van der Waals surface area contributed by atoms with Crippen molar-refractivity contribution >= 4 is 21.8 Å². The molecule has 0 amide bonds. The standard InChI is InChI=1S/C25H17N/c1-3-7-18(8-4-1)20-11-13-22-15-23-14-12-21(19-9-5-2-6-10-19)17-25(23)26-24(22)16-20/h1-17H. The first-order chi connectivity index (χ1) is 12.9. The smallest absolute Gasteiger partial charge is 0.0715 e. The second kappa shape index (κ2) is 6.12. The van der Waals surface area contributed by atoms with E-state index in [1.165, 1.54) is 33.0 Å². The lowest BCUT2D eigenvalue weighted by atomic mass is 10.0. The van der Waals surface area contributed by atoms with Crippen LogP contribution in [-0.2, 0) is 0 Å². The Hall–Kier alpha value is -3.45. The van der Waals surface area contributed by atoms with Crippen molar-refractivity contribution in [3.8, 4) is 22.3 Å². The Balaban J connectivity index is 1.67. The lowest BCUT2D eigenvalue weighted by molar-refractivity contribution is 1.49. The van der Waals surface area contributed by atoms with Crippen LogP contribution < -0.4 is 0 Å². The molecule has 0 atom stereocenters. The number of benzene rings is 4. The van der Waals surface area contributed by atoms with Crippen LogP contribution in [0.15, 0.2) is 103 Å². The van der Waals surface area contributed by atoms with Crippen LogP contribution in [0.2, 0.25) is 0 Å². The Morgan fingerprint density at radius 1 is 0.385 bits per heavy atom. The zero-order valence-corrected chi connectivity index (χ0v) is 14.3. The first-order valence-electron chi connectivity index (χ1n) is 8.82. The molecule has 0 unspecified atom stereocenters.